The van der Waals surface area contributed by atoms with Gasteiger partial charge < -0.3 is 14.8 Å². The number of ether oxygens (including phenoxy) is 2. The fourth-order valence-electron chi connectivity index (χ4n) is 2.62. The molecule has 1 N–H and O–H groups in total. The van der Waals surface area contributed by atoms with Crippen LogP contribution in [0, 0.1) is 0 Å². The maximum absolute atomic E-state index is 12.1. The highest BCUT2D eigenvalue weighted by Crippen LogP contribution is 2.27. The first-order valence-electron chi connectivity index (χ1n) is 8.26. The van der Waals surface area contributed by atoms with E-state index in [1.807, 2.05) is 18.2 Å². The average molecular weight is 406 g/mol. The number of carbonyl (C=O) groups excluding carboxylic acids is 1. The van der Waals surface area contributed by atoms with Crippen molar-refractivity contribution >= 4 is 27.6 Å². The summed E-state index contributed by atoms with van der Waals surface area (Å²) >= 11 is 6.05. The normalized spacial score (nSPS) is 20.7. The van der Waals surface area contributed by atoms with Crippen LogP contribution in [0.5, 0.6) is 0 Å². The van der Waals surface area contributed by atoms with Crippen LogP contribution in [-0.2, 0) is 35.1 Å². The third kappa shape index (κ3) is 6.85. The maximum atomic E-state index is 12.1. The minimum absolute atomic E-state index is 0.0882. The monoisotopic (exact) mass is 405 g/mol. The average Bonchev–Trinajstić information content (AvgIpc) is 2.89. The predicted molar refractivity (Wildman–Crippen MR) is 97.2 cm³/mol. The molecule has 9 heteroatoms. The van der Waals surface area contributed by atoms with Crippen LogP contribution in [-0.4, -0.2) is 45.2 Å². The van der Waals surface area contributed by atoms with Crippen molar-refractivity contribution in [3.8, 4) is 0 Å². The molecule has 1 aliphatic rings. The van der Waals surface area contributed by atoms with E-state index in [1.165, 1.54) is 0 Å². The first kappa shape index (κ1) is 21.1. The molecule has 1 aromatic carbocycles. The summed E-state index contributed by atoms with van der Waals surface area (Å²) in [5.74, 6) is -1.04. The highest BCUT2D eigenvalue weighted by atomic mass is 35.5. The SMILES string of the molecule is CC1(C)OC[C@@H]([C@@H](CCC(=O)NCc2ccccc2Cl)OS(C)(=O)=O)O1. The molecule has 0 spiro atoms. The van der Waals surface area contributed by atoms with Crippen LogP contribution < -0.4 is 5.32 Å². The topological polar surface area (TPSA) is 90.9 Å². The van der Waals surface area contributed by atoms with Crippen molar-refractivity contribution in [3.63, 3.8) is 0 Å². The van der Waals surface area contributed by atoms with E-state index in [9.17, 15) is 13.2 Å². The molecular weight excluding hydrogens is 382 g/mol. The van der Waals surface area contributed by atoms with Crippen LogP contribution in [0.2, 0.25) is 5.02 Å². The second-order valence-corrected chi connectivity index (χ2v) is 8.62. The van der Waals surface area contributed by atoms with Gasteiger partial charge in [0, 0.05) is 18.0 Å². The molecule has 1 amide bonds. The number of amides is 1. The lowest BCUT2D eigenvalue weighted by atomic mass is 10.1. The third-order valence-corrected chi connectivity index (χ3v) is 4.80. The Labute approximate surface area is 159 Å². The zero-order valence-electron chi connectivity index (χ0n) is 15.0. The number of rotatable bonds is 8. The highest BCUT2D eigenvalue weighted by molar-refractivity contribution is 7.86. The Morgan fingerprint density at radius 3 is 2.69 bits per heavy atom. The summed E-state index contributed by atoms with van der Waals surface area (Å²) in [6, 6.07) is 7.22. The molecule has 0 bridgehead atoms. The Morgan fingerprint density at radius 1 is 1.42 bits per heavy atom. The van der Waals surface area contributed by atoms with Crippen molar-refractivity contribution in [3.05, 3.63) is 34.9 Å². The molecule has 1 aromatic rings. The molecule has 0 radical (unpaired) electrons. The van der Waals surface area contributed by atoms with Gasteiger partial charge in [-0.1, -0.05) is 29.8 Å². The lowest BCUT2D eigenvalue weighted by molar-refractivity contribution is -0.149. The quantitative estimate of drug-likeness (QED) is 0.667. The molecule has 26 heavy (non-hydrogen) atoms. The third-order valence-electron chi connectivity index (χ3n) is 3.83. The molecule has 1 aliphatic heterocycles. The molecule has 146 valence electrons. The summed E-state index contributed by atoms with van der Waals surface area (Å²) in [6.45, 7) is 3.97. The fourth-order valence-corrected chi connectivity index (χ4v) is 3.49. The van der Waals surface area contributed by atoms with Gasteiger partial charge in [0.2, 0.25) is 5.91 Å². The van der Waals surface area contributed by atoms with E-state index in [0.29, 0.717) is 11.6 Å². The lowest BCUT2D eigenvalue weighted by Gasteiger charge is -2.23. The minimum atomic E-state index is -3.69. The second kappa shape index (κ2) is 8.67. The van der Waals surface area contributed by atoms with Gasteiger partial charge in [0.1, 0.15) is 12.2 Å². The smallest absolute Gasteiger partial charge is 0.264 e. The molecule has 1 saturated heterocycles. The standard InChI is InChI=1S/C17H24ClNO6S/c1-17(2)23-11-15(24-17)14(25-26(3,21)22)8-9-16(20)19-10-12-6-4-5-7-13(12)18/h4-7,14-15H,8-11H2,1-3H3,(H,19,20)/t14-,15+/m1/s1. The van der Waals surface area contributed by atoms with Gasteiger partial charge in [0.25, 0.3) is 10.1 Å². The van der Waals surface area contributed by atoms with Gasteiger partial charge in [0.15, 0.2) is 5.79 Å². The van der Waals surface area contributed by atoms with E-state index >= 15 is 0 Å². The first-order valence-corrected chi connectivity index (χ1v) is 10.5. The fraction of sp³-hybridized carbons (Fsp3) is 0.588. The largest absolute Gasteiger partial charge is 0.352 e. The van der Waals surface area contributed by atoms with Gasteiger partial charge in [-0.15, -0.1) is 0 Å². The van der Waals surface area contributed by atoms with Crippen molar-refractivity contribution in [2.45, 2.75) is 51.2 Å². The van der Waals surface area contributed by atoms with Gasteiger partial charge in [-0.05, 0) is 31.9 Å². The molecule has 0 aliphatic carbocycles. The zero-order chi connectivity index (χ0) is 19.4. The van der Waals surface area contributed by atoms with E-state index in [-0.39, 0.29) is 25.4 Å². The zero-order valence-corrected chi connectivity index (χ0v) is 16.6. The van der Waals surface area contributed by atoms with Gasteiger partial charge in [-0.3, -0.25) is 8.98 Å². The Balaban J connectivity index is 1.89. The molecule has 2 atom stereocenters. The van der Waals surface area contributed by atoms with Crippen molar-refractivity contribution in [2.24, 2.45) is 0 Å². The lowest BCUT2D eigenvalue weighted by Crippen LogP contribution is -2.36. The van der Waals surface area contributed by atoms with Gasteiger partial charge in [0.05, 0.1) is 12.9 Å². The summed E-state index contributed by atoms with van der Waals surface area (Å²) in [5, 5.41) is 3.34. The number of nitrogens with one attached hydrogen (secondary N) is 1. The van der Waals surface area contributed by atoms with Gasteiger partial charge in [-0.2, -0.15) is 8.42 Å². The van der Waals surface area contributed by atoms with Crippen molar-refractivity contribution < 1.29 is 26.9 Å². The van der Waals surface area contributed by atoms with Crippen molar-refractivity contribution in [1.29, 1.82) is 0 Å². The van der Waals surface area contributed by atoms with Crippen LogP contribution in [0.25, 0.3) is 0 Å². The molecule has 7 nitrogen and oxygen atoms in total. The van der Waals surface area contributed by atoms with Crippen LogP contribution >= 0.6 is 11.6 Å². The molecule has 2 rings (SSSR count). The summed E-state index contributed by atoms with van der Waals surface area (Å²) in [7, 11) is -3.69. The number of halogens is 1. The van der Waals surface area contributed by atoms with Crippen LogP contribution in [0.1, 0.15) is 32.3 Å². The van der Waals surface area contributed by atoms with Crippen LogP contribution in [0.3, 0.4) is 0 Å². The maximum Gasteiger partial charge on any atom is 0.264 e. The Morgan fingerprint density at radius 2 is 2.12 bits per heavy atom. The van der Waals surface area contributed by atoms with Gasteiger partial charge >= 0.3 is 0 Å². The van der Waals surface area contributed by atoms with E-state index in [2.05, 4.69) is 5.32 Å². The van der Waals surface area contributed by atoms with Crippen molar-refractivity contribution in [1.82, 2.24) is 5.32 Å². The summed E-state index contributed by atoms with van der Waals surface area (Å²) < 4.78 is 39.3. The van der Waals surface area contributed by atoms with E-state index in [1.54, 1.807) is 19.9 Å². The Kier molecular flexibility index (Phi) is 7.04. The van der Waals surface area contributed by atoms with E-state index < -0.39 is 28.1 Å². The number of hydrogen-bond donors (Lipinski definition) is 1. The predicted octanol–water partition coefficient (Wildman–Crippen LogP) is 2.23. The summed E-state index contributed by atoms with van der Waals surface area (Å²) in [4.78, 5) is 12.1. The summed E-state index contributed by atoms with van der Waals surface area (Å²) in [5.41, 5.74) is 0.806. The van der Waals surface area contributed by atoms with E-state index in [4.69, 9.17) is 25.3 Å². The van der Waals surface area contributed by atoms with Crippen LogP contribution in [0.15, 0.2) is 24.3 Å². The number of benzene rings is 1. The molecule has 1 fully saturated rings. The molecule has 0 aromatic heterocycles. The minimum Gasteiger partial charge on any atom is -0.352 e. The van der Waals surface area contributed by atoms with Crippen molar-refractivity contribution in [2.75, 3.05) is 12.9 Å². The second-order valence-electron chi connectivity index (χ2n) is 6.61. The Hall–Kier alpha value is -1.19. The summed E-state index contributed by atoms with van der Waals surface area (Å²) in [6.07, 6.45) is -0.108. The molecule has 1 heterocycles. The van der Waals surface area contributed by atoms with E-state index in [0.717, 1.165) is 11.8 Å². The highest BCUT2D eigenvalue weighted by Gasteiger charge is 2.39. The number of carbonyl (C=O) groups is 1. The Bertz CT molecular complexity index is 737. The van der Waals surface area contributed by atoms with Crippen LogP contribution in [0.4, 0.5) is 0 Å². The number of hydrogen-bond acceptors (Lipinski definition) is 6. The molecule has 0 saturated carbocycles. The molecular formula is C17H24ClNO6S. The van der Waals surface area contributed by atoms with Gasteiger partial charge in [-0.25, -0.2) is 0 Å². The molecule has 0 unspecified atom stereocenters. The first-order chi connectivity index (χ1) is 12.1.